The molecule has 0 aliphatic carbocycles. The average molecular weight is 527 g/mol. The fourth-order valence-electron chi connectivity index (χ4n) is 2.35. The highest BCUT2D eigenvalue weighted by molar-refractivity contribution is 14.1. The van der Waals surface area contributed by atoms with Crippen molar-refractivity contribution in [3.8, 4) is 11.5 Å². The standard InChI is InChI=1S/C21H23FIN3O4/c1-4-9-30-19-16(23)10-14(11-18(19)29-3)12-24-26-21(28)13(2)20(27)25-17-8-6-5-7-15(17)22/h5-8,10-13H,4,9H2,1-3H3,(H,25,27)(H,26,28). The maximum absolute atomic E-state index is 13.6. The zero-order chi connectivity index (χ0) is 22.1. The Morgan fingerprint density at radius 2 is 2.00 bits per heavy atom. The van der Waals surface area contributed by atoms with Crippen LogP contribution in [0.15, 0.2) is 41.5 Å². The molecular formula is C21H23FIN3O4. The average Bonchev–Trinajstić information content (AvgIpc) is 2.73. The second kappa shape index (κ2) is 11.5. The third-order valence-electron chi connectivity index (χ3n) is 4.01. The minimum atomic E-state index is -1.07. The maximum atomic E-state index is 13.6. The maximum Gasteiger partial charge on any atom is 0.252 e. The van der Waals surface area contributed by atoms with Crippen LogP contribution in [0.25, 0.3) is 0 Å². The van der Waals surface area contributed by atoms with Crippen LogP contribution >= 0.6 is 22.6 Å². The first-order chi connectivity index (χ1) is 14.4. The third kappa shape index (κ3) is 6.41. The van der Waals surface area contributed by atoms with Crippen molar-refractivity contribution in [2.75, 3.05) is 19.0 Å². The SMILES string of the molecule is CCCOc1c(I)cc(C=NNC(=O)C(C)C(=O)Nc2ccccc2F)cc1OC. The van der Waals surface area contributed by atoms with Crippen LogP contribution in [0.1, 0.15) is 25.8 Å². The molecule has 0 aliphatic heterocycles. The second-order valence-corrected chi connectivity index (χ2v) is 7.47. The number of hydrogen-bond donors (Lipinski definition) is 2. The number of anilines is 1. The van der Waals surface area contributed by atoms with Gasteiger partial charge < -0.3 is 14.8 Å². The van der Waals surface area contributed by atoms with E-state index in [0.29, 0.717) is 23.7 Å². The number of benzene rings is 2. The van der Waals surface area contributed by atoms with Gasteiger partial charge in [0.2, 0.25) is 5.91 Å². The van der Waals surface area contributed by atoms with E-state index in [1.165, 1.54) is 31.3 Å². The minimum absolute atomic E-state index is 0.0118. The smallest absolute Gasteiger partial charge is 0.252 e. The second-order valence-electron chi connectivity index (χ2n) is 6.31. The van der Waals surface area contributed by atoms with Crippen molar-refractivity contribution in [3.05, 3.63) is 51.3 Å². The number of nitrogens with zero attached hydrogens (tertiary/aromatic N) is 1. The van der Waals surface area contributed by atoms with E-state index >= 15 is 0 Å². The van der Waals surface area contributed by atoms with Crippen LogP contribution in [0.2, 0.25) is 0 Å². The molecular weight excluding hydrogens is 504 g/mol. The summed E-state index contributed by atoms with van der Waals surface area (Å²) >= 11 is 2.13. The molecule has 1 atom stereocenters. The summed E-state index contributed by atoms with van der Waals surface area (Å²) in [7, 11) is 1.54. The molecule has 2 amide bonds. The summed E-state index contributed by atoms with van der Waals surface area (Å²) in [6, 6.07) is 9.29. The Balaban J connectivity index is 2.00. The number of hydrazone groups is 1. The normalized spacial score (nSPS) is 11.8. The summed E-state index contributed by atoms with van der Waals surface area (Å²) in [4.78, 5) is 24.4. The van der Waals surface area contributed by atoms with E-state index in [1.807, 2.05) is 13.0 Å². The van der Waals surface area contributed by atoms with E-state index in [1.54, 1.807) is 19.2 Å². The molecule has 1 unspecified atom stereocenters. The number of ether oxygens (including phenoxy) is 2. The lowest BCUT2D eigenvalue weighted by atomic mass is 10.1. The number of amides is 2. The van der Waals surface area contributed by atoms with Crippen LogP contribution in [0, 0.1) is 15.3 Å². The summed E-state index contributed by atoms with van der Waals surface area (Å²) in [5.74, 6) is -1.70. The van der Waals surface area contributed by atoms with Gasteiger partial charge in [-0.25, -0.2) is 9.82 Å². The molecule has 160 valence electrons. The molecule has 2 rings (SSSR count). The number of hydrogen-bond acceptors (Lipinski definition) is 5. The van der Waals surface area contributed by atoms with Gasteiger partial charge in [-0.3, -0.25) is 9.59 Å². The highest BCUT2D eigenvalue weighted by Gasteiger charge is 2.22. The molecule has 0 fully saturated rings. The number of carbonyl (C=O) groups excluding carboxylic acids is 2. The predicted molar refractivity (Wildman–Crippen MR) is 121 cm³/mol. The van der Waals surface area contributed by atoms with E-state index in [0.717, 1.165) is 9.99 Å². The Morgan fingerprint density at radius 1 is 1.27 bits per heavy atom. The summed E-state index contributed by atoms with van der Waals surface area (Å²) < 4.78 is 25.5. The van der Waals surface area contributed by atoms with Gasteiger partial charge >= 0.3 is 0 Å². The summed E-state index contributed by atoms with van der Waals surface area (Å²) in [6.07, 6.45) is 2.31. The minimum Gasteiger partial charge on any atom is -0.493 e. The van der Waals surface area contributed by atoms with Gasteiger partial charge in [0.1, 0.15) is 11.7 Å². The molecule has 0 aliphatic rings. The first-order valence-electron chi connectivity index (χ1n) is 9.26. The molecule has 0 bridgehead atoms. The van der Waals surface area contributed by atoms with Gasteiger partial charge in [0.15, 0.2) is 11.5 Å². The lowest BCUT2D eigenvalue weighted by Gasteiger charge is -2.13. The largest absolute Gasteiger partial charge is 0.493 e. The molecule has 0 saturated carbocycles. The molecule has 0 saturated heterocycles. The van der Waals surface area contributed by atoms with Crippen LogP contribution in [-0.4, -0.2) is 31.7 Å². The Kier molecular flexibility index (Phi) is 9.03. The van der Waals surface area contributed by atoms with E-state index < -0.39 is 23.5 Å². The van der Waals surface area contributed by atoms with Crippen molar-refractivity contribution in [2.45, 2.75) is 20.3 Å². The molecule has 0 spiro atoms. The number of rotatable bonds is 9. The lowest BCUT2D eigenvalue weighted by molar-refractivity contribution is -0.131. The zero-order valence-electron chi connectivity index (χ0n) is 16.9. The molecule has 30 heavy (non-hydrogen) atoms. The fraction of sp³-hybridized carbons (Fsp3) is 0.286. The molecule has 0 radical (unpaired) electrons. The van der Waals surface area contributed by atoms with Crippen molar-refractivity contribution >= 4 is 46.3 Å². The summed E-state index contributed by atoms with van der Waals surface area (Å²) in [6.45, 7) is 4.00. The molecule has 9 heteroatoms. The zero-order valence-corrected chi connectivity index (χ0v) is 19.0. The Labute approximate surface area is 188 Å². The highest BCUT2D eigenvalue weighted by atomic mass is 127. The van der Waals surface area contributed by atoms with Gasteiger partial charge in [0.25, 0.3) is 5.91 Å². The molecule has 2 aromatic rings. The van der Waals surface area contributed by atoms with Crippen LogP contribution in [0.4, 0.5) is 10.1 Å². The number of carbonyl (C=O) groups is 2. The fourth-order valence-corrected chi connectivity index (χ4v) is 3.13. The molecule has 0 heterocycles. The molecule has 2 N–H and O–H groups in total. The summed E-state index contributed by atoms with van der Waals surface area (Å²) in [5, 5.41) is 6.29. The van der Waals surface area contributed by atoms with Crippen molar-refractivity contribution < 1.29 is 23.5 Å². The Morgan fingerprint density at radius 3 is 2.67 bits per heavy atom. The topological polar surface area (TPSA) is 89.0 Å². The van der Waals surface area contributed by atoms with Crippen LogP contribution < -0.4 is 20.2 Å². The lowest BCUT2D eigenvalue weighted by Crippen LogP contribution is -2.34. The van der Waals surface area contributed by atoms with E-state index in [-0.39, 0.29) is 5.69 Å². The van der Waals surface area contributed by atoms with Crippen LogP contribution in [-0.2, 0) is 9.59 Å². The number of nitrogens with one attached hydrogen (secondary N) is 2. The Hall–Kier alpha value is -2.69. The van der Waals surface area contributed by atoms with Crippen LogP contribution in [0.5, 0.6) is 11.5 Å². The van der Waals surface area contributed by atoms with Gasteiger partial charge in [-0.05, 0) is 65.8 Å². The quantitative estimate of drug-likeness (QED) is 0.224. The van der Waals surface area contributed by atoms with E-state index in [9.17, 15) is 14.0 Å². The van der Waals surface area contributed by atoms with E-state index in [2.05, 4.69) is 38.4 Å². The van der Waals surface area contributed by atoms with Crippen molar-refractivity contribution in [2.24, 2.45) is 11.0 Å². The third-order valence-corrected chi connectivity index (χ3v) is 4.81. The number of methoxy groups -OCH3 is 1. The first kappa shape index (κ1) is 23.6. The molecule has 2 aromatic carbocycles. The predicted octanol–water partition coefficient (Wildman–Crippen LogP) is 3.95. The molecule has 0 aromatic heterocycles. The number of para-hydroxylation sites is 1. The Bertz CT molecular complexity index is 936. The molecule has 7 nitrogen and oxygen atoms in total. The van der Waals surface area contributed by atoms with Crippen molar-refractivity contribution in [3.63, 3.8) is 0 Å². The van der Waals surface area contributed by atoms with Gasteiger partial charge in [-0.15, -0.1) is 0 Å². The summed E-state index contributed by atoms with van der Waals surface area (Å²) in [5.41, 5.74) is 3.02. The van der Waals surface area contributed by atoms with Gasteiger partial charge in [-0.2, -0.15) is 5.10 Å². The van der Waals surface area contributed by atoms with Crippen LogP contribution in [0.3, 0.4) is 0 Å². The monoisotopic (exact) mass is 527 g/mol. The van der Waals surface area contributed by atoms with E-state index in [4.69, 9.17) is 9.47 Å². The number of halogens is 2. The van der Waals surface area contributed by atoms with Gasteiger partial charge in [0.05, 0.1) is 29.2 Å². The van der Waals surface area contributed by atoms with Gasteiger partial charge in [0, 0.05) is 0 Å². The highest BCUT2D eigenvalue weighted by Crippen LogP contribution is 2.33. The van der Waals surface area contributed by atoms with Crippen molar-refractivity contribution in [1.29, 1.82) is 0 Å². The van der Waals surface area contributed by atoms with Crippen molar-refractivity contribution in [1.82, 2.24) is 5.43 Å². The van der Waals surface area contributed by atoms with Gasteiger partial charge in [-0.1, -0.05) is 19.1 Å². The first-order valence-corrected chi connectivity index (χ1v) is 10.3.